The molecule has 2 fully saturated rings. The molecule has 0 radical (unpaired) electrons. The fourth-order valence-corrected chi connectivity index (χ4v) is 3.66. The van der Waals surface area contributed by atoms with Crippen LogP contribution >= 0.6 is 0 Å². The molecule has 0 spiro atoms. The van der Waals surface area contributed by atoms with Gasteiger partial charge < -0.3 is 4.90 Å². The minimum absolute atomic E-state index is 0.573. The van der Waals surface area contributed by atoms with Crippen molar-refractivity contribution in [1.82, 2.24) is 9.88 Å². The molecule has 2 saturated heterocycles. The average molecular weight is 273 g/mol. The molecule has 0 saturated carbocycles. The van der Waals surface area contributed by atoms with E-state index in [1.807, 2.05) is 0 Å². The molecule has 0 aliphatic carbocycles. The Kier molecular flexibility index (Phi) is 4.25. The maximum absolute atomic E-state index is 4.73. The van der Waals surface area contributed by atoms with Gasteiger partial charge in [0, 0.05) is 31.4 Å². The van der Waals surface area contributed by atoms with Crippen molar-refractivity contribution in [3.63, 3.8) is 0 Å². The minimum atomic E-state index is 0.573. The van der Waals surface area contributed by atoms with Crippen LogP contribution in [0.5, 0.6) is 0 Å². The minimum Gasteiger partial charge on any atom is -0.357 e. The quantitative estimate of drug-likeness (QED) is 0.838. The number of nitrogens with zero attached hydrogens (tertiary/aromatic N) is 3. The van der Waals surface area contributed by atoms with Crippen LogP contribution in [0.1, 0.15) is 57.6 Å². The van der Waals surface area contributed by atoms with Crippen molar-refractivity contribution in [1.29, 1.82) is 0 Å². The third kappa shape index (κ3) is 2.83. The van der Waals surface area contributed by atoms with Crippen LogP contribution < -0.4 is 4.90 Å². The van der Waals surface area contributed by atoms with Gasteiger partial charge in [-0.1, -0.05) is 12.5 Å². The molecular weight excluding hydrogens is 246 g/mol. The molecule has 2 aliphatic rings. The first-order valence-electron chi connectivity index (χ1n) is 8.22. The fourth-order valence-electron chi connectivity index (χ4n) is 3.66. The van der Waals surface area contributed by atoms with Gasteiger partial charge in [0.25, 0.3) is 0 Å². The van der Waals surface area contributed by atoms with Crippen LogP contribution in [-0.4, -0.2) is 35.6 Å². The van der Waals surface area contributed by atoms with Gasteiger partial charge in [0.2, 0.25) is 0 Å². The molecule has 1 aromatic heterocycles. The summed E-state index contributed by atoms with van der Waals surface area (Å²) in [6.07, 6.45) is 8.72. The Hall–Kier alpha value is -1.09. The van der Waals surface area contributed by atoms with Crippen molar-refractivity contribution in [2.24, 2.45) is 0 Å². The Labute approximate surface area is 123 Å². The van der Waals surface area contributed by atoms with Crippen molar-refractivity contribution in [2.75, 3.05) is 24.5 Å². The van der Waals surface area contributed by atoms with E-state index in [1.54, 1.807) is 0 Å². The number of hydrogen-bond acceptors (Lipinski definition) is 3. The van der Waals surface area contributed by atoms with Crippen LogP contribution in [0.3, 0.4) is 0 Å². The third-order valence-corrected chi connectivity index (χ3v) is 4.79. The highest BCUT2D eigenvalue weighted by Crippen LogP contribution is 2.32. The first-order chi connectivity index (χ1) is 9.75. The van der Waals surface area contributed by atoms with Crippen LogP contribution in [0.25, 0.3) is 0 Å². The van der Waals surface area contributed by atoms with Crippen molar-refractivity contribution >= 4 is 5.82 Å². The Morgan fingerprint density at radius 2 is 1.80 bits per heavy atom. The summed E-state index contributed by atoms with van der Waals surface area (Å²) in [6.45, 7) is 8.20. The predicted molar refractivity (Wildman–Crippen MR) is 84.1 cm³/mol. The normalized spacial score (nSPS) is 24.6. The molecule has 1 aromatic rings. The summed E-state index contributed by atoms with van der Waals surface area (Å²) in [7, 11) is 0. The van der Waals surface area contributed by atoms with E-state index in [0.717, 1.165) is 5.82 Å². The summed E-state index contributed by atoms with van der Waals surface area (Å²) in [4.78, 5) is 9.77. The summed E-state index contributed by atoms with van der Waals surface area (Å²) in [5.74, 6) is 1.16. The summed E-state index contributed by atoms with van der Waals surface area (Å²) in [5.41, 5.74) is 1.40. The molecular formula is C17H27N3. The lowest BCUT2D eigenvalue weighted by Crippen LogP contribution is -2.38. The van der Waals surface area contributed by atoms with E-state index in [2.05, 4.69) is 42.0 Å². The Bertz CT molecular complexity index is 420. The van der Waals surface area contributed by atoms with Gasteiger partial charge in [0.1, 0.15) is 5.82 Å². The van der Waals surface area contributed by atoms with Gasteiger partial charge in [0.05, 0.1) is 0 Å². The fraction of sp³-hybridized carbons (Fsp3) is 0.706. The topological polar surface area (TPSA) is 19.4 Å². The summed E-state index contributed by atoms with van der Waals surface area (Å²) < 4.78 is 0. The molecule has 3 heterocycles. The lowest BCUT2D eigenvalue weighted by molar-refractivity contribution is 0.112. The van der Waals surface area contributed by atoms with Gasteiger partial charge in [0.15, 0.2) is 0 Å². The zero-order valence-electron chi connectivity index (χ0n) is 12.9. The van der Waals surface area contributed by atoms with Crippen molar-refractivity contribution < 1.29 is 0 Å². The maximum Gasteiger partial charge on any atom is 0.128 e. The highest BCUT2D eigenvalue weighted by atomic mass is 15.2. The average Bonchev–Trinajstić information content (AvgIpc) is 3.02. The zero-order chi connectivity index (χ0) is 13.9. The Balaban J connectivity index is 1.75. The second-order valence-electron chi connectivity index (χ2n) is 6.49. The maximum atomic E-state index is 4.73. The molecule has 3 nitrogen and oxygen atoms in total. The summed E-state index contributed by atoms with van der Waals surface area (Å²) in [5, 5.41) is 0. The second kappa shape index (κ2) is 6.13. The Morgan fingerprint density at radius 1 is 1.05 bits per heavy atom. The number of pyridine rings is 1. The van der Waals surface area contributed by atoms with E-state index in [4.69, 9.17) is 4.98 Å². The van der Waals surface area contributed by atoms with Crippen LogP contribution in [0, 0.1) is 0 Å². The van der Waals surface area contributed by atoms with Gasteiger partial charge in [-0.2, -0.15) is 0 Å². The summed E-state index contributed by atoms with van der Waals surface area (Å²) in [6, 6.07) is 5.74. The molecule has 0 aromatic carbocycles. The molecule has 3 rings (SSSR count). The highest BCUT2D eigenvalue weighted by molar-refractivity contribution is 5.40. The summed E-state index contributed by atoms with van der Waals surface area (Å²) >= 11 is 0. The molecule has 0 bridgehead atoms. The largest absolute Gasteiger partial charge is 0.357 e. The first-order valence-corrected chi connectivity index (χ1v) is 8.22. The van der Waals surface area contributed by atoms with E-state index in [1.165, 1.54) is 57.3 Å². The number of likely N-dealkylation sites (tertiary alicyclic amines) is 1. The smallest absolute Gasteiger partial charge is 0.128 e. The lowest BCUT2D eigenvalue weighted by Gasteiger charge is -2.38. The van der Waals surface area contributed by atoms with Crippen LogP contribution in [0.4, 0.5) is 5.82 Å². The molecule has 0 amide bonds. The molecule has 1 unspecified atom stereocenters. The standard InChI is InChI=1S/C17H27N3/c1-14(2)20-12-4-3-7-16(20)15-8-9-17(18-13-15)19-10-5-6-11-19/h8-9,13-14,16H,3-7,10-12H2,1-2H3. The van der Waals surface area contributed by atoms with Gasteiger partial charge in [-0.3, -0.25) is 4.90 Å². The van der Waals surface area contributed by atoms with E-state index in [-0.39, 0.29) is 0 Å². The number of hydrogen-bond donors (Lipinski definition) is 0. The molecule has 2 aliphatic heterocycles. The number of aromatic nitrogens is 1. The van der Waals surface area contributed by atoms with Crippen LogP contribution in [0.2, 0.25) is 0 Å². The number of rotatable bonds is 3. The van der Waals surface area contributed by atoms with Gasteiger partial charge in [-0.05, 0) is 57.7 Å². The van der Waals surface area contributed by atoms with Crippen molar-refractivity contribution in [2.45, 2.75) is 58.0 Å². The van der Waals surface area contributed by atoms with E-state index >= 15 is 0 Å². The Morgan fingerprint density at radius 3 is 2.45 bits per heavy atom. The number of anilines is 1. The van der Waals surface area contributed by atoms with Gasteiger partial charge in [-0.15, -0.1) is 0 Å². The SMILES string of the molecule is CC(C)N1CCCCC1c1ccc(N2CCCC2)nc1. The van der Waals surface area contributed by atoms with Crippen molar-refractivity contribution in [3.8, 4) is 0 Å². The molecule has 20 heavy (non-hydrogen) atoms. The van der Waals surface area contributed by atoms with Crippen molar-refractivity contribution in [3.05, 3.63) is 23.9 Å². The highest BCUT2D eigenvalue weighted by Gasteiger charge is 2.26. The molecule has 1 atom stereocenters. The molecule has 0 N–H and O–H groups in total. The third-order valence-electron chi connectivity index (χ3n) is 4.79. The second-order valence-corrected chi connectivity index (χ2v) is 6.49. The van der Waals surface area contributed by atoms with E-state index in [9.17, 15) is 0 Å². The van der Waals surface area contributed by atoms with Gasteiger partial charge >= 0.3 is 0 Å². The van der Waals surface area contributed by atoms with Gasteiger partial charge in [-0.25, -0.2) is 4.98 Å². The zero-order valence-corrected chi connectivity index (χ0v) is 12.9. The van der Waals surface area contributed by atoms with E-state index < -0.39 is 0 Å². The monoisotopic (exact) mass is 273 g/mol. The van der Waals surface area contributed by atoms with E-state index in [0.29, 0.717) is 12.1 Å². The molecule has 3 heteroatoms. The number of piperidine rings is 1. The van der Waals surface area contributed by atoms with Crippen LogP contribution in [-0.2, 0) is 0 Å². The predicted octanol–water partition coefficient (Wildman–Crippen LogP) is 3.62. The van der Waals surface area contributed by atoms with Crippen LogP contribution in [0.15, 0.2) is 18.3 Å². The lowest BCUT2D eigenvalue weighted by atomic mass is 9.95. The molecule has 110 valence electrons. The first kappa shape index (κ1) is 13.9.